The second-order valence-electron chi connectivity index (χ2n) is 9.76. The van der Waals surface area contributed by atoms with Crippen molar-refractivity contribution in [2.75, 3.05) is 6.61 Å². The van der Waals surface area contributed by atoms with Crippen molar-refractivity contribution in [2.24, 2.45) is 5.41 Å². The molecule has 34 heavy (non-hydrogen) atoms. The maximum absolute atomic E-state index is 14.4. The van der Waals surface area contributed by atoms with Crippen LogP contribution < -0.4 is 0 Å². The van der Waals surface area contributed by atoms with E-state index in [0.29, 0.717) is 11.4 Å². The molecule has 3 aromatic rings. The second kappa shape index (κ2) is 6.71. The minimum Gasteiger partial charge on any atom is -0.507 e. The van der Waals surface area contributed by atoms with Crippen molar-refractivity contribution in [1.29, 1.82) is 0 Å². The molecule has 2 heterocycles. The molecule has 0 unspecified atom stereocenters. The van der Waals surface area contributed by atoms with Crippen LogP contribution in [0.25, 0.3) is 16.6 Å². The lowest BCUT2D eigenvalue weighted by Gasteiger charge is -2.57. The van der Waals surface area contributed by atoms with E-state index < -0.39 is 58.8 Å². The molecule has 1 aromatic heterocycles. The molecule has 2 aliphatic rings. The lowest BCUT2D eigenvalue weighted by molar-refractivity contribution is -0.307. The summed E-state index contributed by atoms with van der Waals surface area (Å²) in [6.07, 6.45) is -6.80. The number of fused-ring (bicyclic) bond motifs is 4. The first-order chi connectivity index (χ1) is 15.7. The molecule has 1 aliphatic carbocycles. The number of aromatic hydroxyl groups is 1. The molecule has 1 fully saturated rings. The molecule has 1 saturated carbocycles. The number of halogens is 5. The van der Waals surface area contributed by atoms with Crippen LogP contribution in [0, 0.1) is 17.0 Å². The van der Waals surface area contributed by atoms with Crippen molar-refractivity contribution < 1.29 is 41.7 Å². The Morgan fingerprint density at radius 2 is 1.68 bits per heavy atom. The number of carboxylic acid groups (broad SMARTS) is 1. The molecule has 0 saturated heterocycles. The third-order valence-electron chi connectivity index (χ3n) is 7.03. The number of carbonyl (C=O) groups is 1. The predicted molar refractivity (Wildman–Crippen MR) is 111 cm³/mol. The number of hydrogen-bond donors (Lipinski definition) is 2. The summed E-state index contributed by atoms with van der Waals surface area (Å²) in [5, 5.41) is 20.3. The summed E-state index contributed by atoms with van der Waals surface area (Å²) in [4.78, 5) is 11.7. The molecule has 0 atom stereocenters. The normalized spacial score (nSPS) is 25.9. The molecule has 2 aromatic carbocycles. The molecule has 5 rings (SSSR count). The van der Waals surface area contributed by atoms with Crippen molar-refractivity contribution in [3.8, 4) is 11.4 Å². The van der Waals surface area contributed by atoms with E-state index in [1.54, 1.807) is 18.4 Å². The summed E-state index contributed by atoms with van der Waals surface area (Å²) in [6.45, 7) is 3.50. The van der Waals surface area contributed by atoms with Gasteiger partial charge in [-0.1, -0.05) is 13.8 Å². The van der Waals surface area contributed by atoms with Crippen LogP contribution in [0.5, 0.6) is 5.75 Å². The SMILES string of the molecule is CC1(C)CO[C@]2(C[C@](C(=O)O)(C(F)(F)F)C2)c2c1n(-c1ccc(F)cc1)c1cc(F)cc(O)c12. The molecule has 10 heteroatoms. The average molecular weight is 481 g/mol. The first-order valence-corrected chi connectivity index (χ1v) is 10.5. The Hall–Kier alpha value is -3.14. The van der Waals surface area contributed by atoms with Crippen molar-refractivity contribution >= 4 is 16.9 Å². The topological polar surface area (TPSA) is 71.7 Å². The van der Waals surface area contributed by atoms with Crippen LogP contribution in [0.15, 0.2) is 36.4 Å². The van der Waals surface area contributed by atoms with Gasteiger partial charge < -0.3 is 19.5 Å². The fraction of sp³-hybridized carbons (Fsp3) is 0.375. The van der Waals surface area contributed by atoms with Crippen LogP contribution >= 0.6 is 0 Å². The molecular weight excluding hydrogens is 461 g/mol. The lowest BCUT2D eigenvalue weighted by atomic mass is 9.54. The van der Waals surface area contributed by atoms with Gasteiger partial charge in [-0.05, 0) is 30.3 Å². The molecule has 0 radical (unpaired) electrons. The summed E-state index contributed by atoms with van der Waals surface area (Å²) >= 11 is 0. The van der Waals surface area contributed by atoms with E-state index in [1.165, 1.54) is 24.3 Å². The minimum absolute atomic E-state index is 0.0473. The number of phenolic OH excluding ortho intramolecular Hbond substituents is 1. The highest BCUT2D eigenvalue weighted by atomic mass is 19.4. The molecule has 1 aliphatic heterocycles. The Morgan fingerprint density at radius 1 is 1.06 bits per heavy atom. The molecule has 0 bridgehead atoms. The summed E-state index contributed by atoms with van der Waals surface area (Å²) in [5.74, 6) is -3.80. The highest BCUT2D eigenvalue weighted by Crippen LogP contribution is 2.67. The Morgan fingerprint density at radius 3 is 2.24 bits per heavy atom. The second-order valence-corrected chi connectivity index (χ2v) is 9.76. The van der Waals surface area contributed by atoms with Crippen LogP contribution in [0.3, 0.4) is 0 Å². The van der Waals surface area contributed by atoms with Gasteiger partial charge in [0.15, 0.2) is 5.41 Å². The smallest absolute Gasteiger partial charge is 0.405 e. The van der Waals surface area contributed by atoms with Gasteiger partial charge in [0.1, 0.15) is 17.4 Å². The lowest BCUT2D eigenvalue weighted by Crippen LogP contribution is -2.64. The number of carboxylic acids is 1. The zero-order valence-corrected chi connectivity index (χ0v) is 18.1. The zero-order chi connectivity index (χ0) is 24.8. The van der Waals surface area contributed by atoms with E-state index in [2.05, 4.69) is 0 Å². The molecule has 1 spiro atoms. The summed E-state index contributed by atoms with van der Waals surface area (Å²) in [6, 6.07) is 7.24. The van der Waals surface area contributed by atoms with Crippen LogP contribution in [0.2, 0.25) is 0 Å². The van der Waals surface area contributed by atoms with Gasteiger partial charge in [-0.25, -0.2) is 8.78 Å². The molecule has 5 nitrogen and oxygen atoms in total. The van der Waals surface area contributed by atoms with Crippen molar-refractivity contribution in [3.63, 3.8) is 0 Å². The van der Waals surface area contributed by atoms with Crippen LogP contribution in [-0.2, 0) is 20.5 Å². The van der Waals surface area contributed by atoms with Crippen LogP contribution in [0.1, 0.15) is 37.9 Å². The minimum atomic E-state index is -5.02. The van der Waals surface area contributed by atoms with E-state index in [0.717, 1.165) is 12.1 Å². The molecule has 2 N–H and O–H groups in total. The third-order valence-corrected chi connectivity index (χ3v) is 7.03. The highest BCUT2D eigenvalue weighted by molar-refractivity contribution is 5.95. The van der Waals surface area contributed by atoms with Crippen molar-refractivity contribution in [2.45, 2.75) is 43.9 Å². The van der Waals surface area contributed by atoms with Gasteiger partial charge in [0, 0.05) is 46.7 Å². The van der Waals surface area contributed by atoms with Gasteiger partial charge in [-0.15, -0.1) is 0 Å². The van der Waals surface area contributed by atoms with Crippen molar-refractivity contribution in [3.05, 3.63) is 59.3 Å². The molecule has 180 valence electrons. The van der Waals surface area contributed by atoms with E-state index in [1.807, 2.05) is 0 Å². The maximum Gasteiger partial charge on any atom is 0.405 e. The Kier molecular flexibility index (Phi) is 4.47. The quantitative estimate of drug-likeness (QED) is 0.472. The van der Waals surface area contributed by atoms with Gasteiger partial charge in [0.25, 0.3) is 0 Å². The number of rotatable bonds is 2. The fourth-order valence-corrected chi connectivity index (χ4v) is 5.44. The van der Waals surface area contributed by atoms with E-state index in [9.17, 15) is 37.0 Å². The maximum atomic E-state index is 14.4. The average Bonchev–Trinajstić information content (AvgIpc) is 3.03. The number of phenols is 1. The molecule has 0 amide bonds. The van der Waals surface area contributed by atoms with Gasteiger partial charge in [-0.3, -0.25) is 4.79 Å². The van der Waals surface area contributed by atoms with Gasteiger partial charge >= 0.3 is 12.1 Å². The number of aromatic nitrogens is 1. The van der Waals surface area contributed by atoms with Gasteiger partial charge in [0.05, 0.1) is 17.7 Å². The number of benzene rings is 2. The highest BCUT2D eigenvalue weighted by Gasteiger charge is 2.75. The third kappa shape index (κ3) is 2.84. The monoisotopic (exact) mass is 481 g/mol. The Labute approximate surface area is 190 Å². The Bertz CT molecular complexity index is 1330. The van der Waals surface area contributed by atoms with Crippen LogP contribution in [0.4, 0.5) is 22.0 Å². The Balaban J connectivity index is 1.85. The molecular formula is C24H20F5NO4. The summed E-state index contributed by atoms with van der Waals surface area (Å²) < 4.78 is 77.1. The largest absolute Gasteiger partial charge is 0.507 e. The van der Waals surface area contributed by atoms with E-state index in [4.69, 9.17) is 4.74 Å². The van der Waals surface area contributed by atoms with E-state index in [-0.39, 0.29) is 23.1 Å². The standard InChI is InChI=1S/C24H20F5NO4/c1-21(2)11-34-23(9-22(10-23,20(32)33)24(27,28)29)18-17-15(7-13(26)8-16(17)31)30(19(18)21)14-5-3-12(25)4-6-14/h3-8,31H,9-11H2,1-2H3,(H,32,33)/t22-,23-. The first kappa shape index (κ1) is 22.6. The number of hydrogen-bond acceptors (Lipinski definition) is 3. The van der Waals surface area contributed by atoms with E-state index >= 15 is 0 Å². The number of aliphatic carboxylic acids is 1. The van der Waals surface area contributed by atoms with Crippen molar-refractivity contribution in [1.82, 2.24) is 4.57 Å². The van der Waals surface area contributed by atoms with Gasteiger partial charge in [-0.2, -0.15) is 13.2 Å². The number of ether oxygens (including phenoxy) is 1. The van der Waals surface area contributed by atoms with Crippen LogP contribution in [-0.4, -0.2) is 33.5 Å². The summed E-state index contributed by atoms with van der Waals surface area (Å²) in [7, 11) is 0. The number of nitrogens with zero attached hydrogens (tertiary/aromatic N) is 1. The van der Waals surface area contributed by atoms with Gasteiger partial charge in [0.2, 0.25) is 0 Å². The zero-order valence-electron chi connectivity index (χ0n) is 18.1. The summed E-state index contributed by atoms with van der Waals surface area (Å²) in [5.41, 5.74) is -4.28. The fourth-order valence-electron chi connectivity index (χ4n) is 5.44. The predicted octanol–water partition coefficient (Wildman–Crippen LogP) is 5.54. The number of alkyl halides is 3. The first-order valence-electron chi connectivity index (χ1n) is 10.5.